The van der Waals surface area contributed by atoms with E-state index >= 15 is 0 Å². The number of aromatic nitrogens is 3. The summed E-state index contributed by atoms with van der Waals surface area (Å²) in [7, 11) is 0. The molecule has 47 heavy (non-hydrogen) atoms. The Balaban J connectivity index is 1.30. The van der Waals surface area contributed by atoms with E-state index in [1.54, 1.807) is 50.4 Å². The summed E-state index contributed by atoms with van der Waals surface area (Å²) in [5, 5.41) is 22.1. The highest BCUT2D eigenvalue weighted by Crippen LogP contribution is 2.31. The molecule has 10 nitrogen and oxygen atoms in total. The third kappa shape index (κ3) is 8.82. The van der Waals surface area contributed by atoms with E-state index in [1.165, 1.54) is 34.8 Å². The van der Waals surface area contributed by atoms with Gasteiger partial charge in [0.1, 0.15) is 11.6 Å². The number of anilines is 3. The number of ether oxygens (including phenoxy) is 1. The van der Waals surface area contributed by atoms with Crippen molar-refractivity contribution in [2.75, 3.05) is 23.8 Å². The number of hydrogen-bond acceptors (Lipinski definition) is 7. The number of fused-ring (bicyclic) bond motifs is 1. The zero-order chi connectivity index (χ0) is 33.8. The lowest BCUT2D eigenvalue weighted by atomic mass is 10.1. The molecule has 0 saturated heterocycles. The quantitative estimate of drug-likeness (QED) is 0.131. The molecule has 0 aliphatic carbocycles. The highest BCUT2D eigenvalue weighted by Gasteiger charge is 2.29. The van der Waals surface area contributed by atoms with Crippen molar-refractivity contribution in [3.8, 4) is 16.9 Å². The number of alkyl halides is 3. The van der Waals surface area contributed by atoms with Crippen LogP contribution in [0.25, 0.3) is 16.8 Å². The van der Waals surface area contributed by atoms with Gasteiger partial charge in [-0.3, -0.25) is 9.59 Å². The van der Waals surface area contributed by atoms with Crippen molar-refractivity contribution in [1.82, 2.24) is 19.9 Å². The third-order valence-corrected chi connectivity index (χ3v) is 6.84. The molecule has 0 saturated carbocycles. The number of nitrogens with one attached hydrogen (secondary N) is 3. The number of pyridine rings is 1. The highest BCUT2D eigenvalue weighted by molar-refractivity contribution is 5.96. The smallest absolute Gasteiger partial charge is 0.422 e. The lowest BCUT2D eigenvalue weighted by Gasteiger charge is -2.23. The second kappa shape index (κ2) is 13.5. The van der Waals surface area contributed by atoms with Crippen molar-refractivity contribution in [3.63, 3.8) is 0 Å². The van der Waals surface area contributed by atoms with Gasteiger partial charge in [-0.1, -0.05) is 24.3 Å². The average molecular weight is 651 g/mol. The number of halogens is 4. The number of rotatable bonds is 11. The van der Waals surface area contributed by atoms with Crippen LogP contribution in [0.5, 0.6) is 5.75 Å². The van der Waals surface area contributed by atoms with Gasteiger partial charge in [-0.25, -0.2) is 8.91 Å². The largest absolute Gasteiger partial charge is 0.482 e. The fraction of sp³-hybridized carbons (Fsp3) is 0.212. The van der Waals surface area contributed by atoms with Crippen molar-refractivity contribution in [2.24, 2.45) is 0 Å². The molecular formula is C33H30F4N6O4. The Bertz CT molecular complexity index is 1890. The highest BCUT2D eigenvalue weighted by atomic mass is 19.4. The van der Waals surface area contributed by atoms with Gasteiger partial charge in [0.05, 0.1) is 24.3 Å². The molecule has 0 spiro atoms. The SMILES string of the molecule is CC(C)(CO)NC(=O)c1ccc(Nc2nc3ccc(-c4ccc(NC(=O)Cc5ccc(F)cc5)cc4)cn3n2)c(OCC(F)(F)F)c1. The predicted octanol–water partition coefficient (Wildman–Crippen LogP) is 5.90. The van der Waals surface area contributed by atoms with Crippen LogP contribution in [0.4, 0.5) is 34.9 Å². The molecule has 0 unspecified atom stereocenters. The van der Waals surface area contributed by atoms with Crippen molar-refractivity contribution in [1.29, 1.82) is 0 Å². The number of hydrogen-bond donors (Lipinski definition) is 4. The summed E-state index contributed by atoms with van der Waals surface area (Å²) in [5.41, 5.74) is 2.47. The summed E-state index contributed by atoms with van der Waals surface area (Å²) < 4.78 is 58.6. The normalized spacial score (nSPS) is 11.7. The van der Waals surface area contributed by atoms with E-state index in [0.717, 1.165) is 11.1 Å². The summed E-state index contributed by atoms with van der Waals surface area (Å²) in [6, 6.07) is 20.3. The molecule has 2 amide bonds. The topological polar surface area (TPSA) is 130 Å². The Labute approximate surface area is 266 Å². The fourth-order valence-corrected chi connectivity index (χ4v) is 4.43. The van der Waals surface area contributed by atoms with Crippen LogP contribution in [-0.4, -0.2) is 56.4 Å². The molecule has 14 heteroatoms. The van der Waals surface area contributed by atoms with Crippen molar-refractivity contribution in [2.45, 2.75) is 32.0 Å². The average Bonchev–Trinajstić information content (AvgIpc) is 3.43. The standard InChI is InChI=1S/C33H30F4N6O4/c1-32(2,18-44)41-30(46)22-7-13-26(27(16-22)47-19-33(35,36)37)39-31-40-28-14-8-23(17-43(28)42-31)21-5-11-25(12-6-21)38-29(45)15-20-3-9-24(34)10-4-20/h3-14,16-17,44H,15,18-19H2,1-2H3,(H,38,45)(H,39,42)(H,41,46). The van der Waals surface area contributed by atoms with Gasteiger partial charge in [0.2, 0.25) is 11.9 Å². The van der Waals surface area contributed by atoms with E-state index in [4.69, 9.17) is 4.74 Å². The zero-order valence-corrected chi connectivity index (χ0v) is 25.2. The summed E-state index contributed by atoms with van der Waals surface area (Å²) in [6.07, 6.45) is -2.81. The first-order valence-corrected chi connectivity index (χ1v) is 14.3. The summed E-state index contributed by atoms with van der Waals surface area (Å²) in [4.78, 5) is 29.5. The first-order chi connectivity index (χ1) is 22.3. The van der Waals surface area contributed by atoms with Gasteiger partial charge in [-0.2, -0.15) is 18.2 Å². The minimum Gasteiger partial charge on any atom is -0.482 e. The van der Waals surface area contributed by atoms with Gasteiger partial charge in [0.25, 0.3) is 5.91 Å². The molecule has 2 aromatic heterocycles. The maximum absolute atomic E-state index is 13.1. The molecule has 0 radical (unpaired) electrons. The fourth-order valence-electron chi connectivity index (χ4n) is 4.43. The Morgan fingerprint density at radius 1 is 0.936 bits per heavy atom. The molecule has 0 bridgehead atoms. The van der Waals surface area contributed by atoms with Crippen LogP contribution < -0.4 is 20.7 Å². The van der Waals surface area contributed by atoms with E-state index in [-0.39, 0.29) is 47.7 Å². The number of amides is 2. The second-order valence-corrected chi connectivity index (χ2v) is 11.3. The van der Waals surface area contributed by atoms with Gasteiger partial charge in [-0.15, -0.1) is 5.10 Å². The number of aliphatic hydroxyl groups excluding tert-OH is 1. The Morgan fingerprint density at radius 2 is 1.64 bits per heavy atom. The van der Waals surface area contributed by atoms with Gasteiger partial charge in [0.15, 0.2) is 12.3 Å². The van der Waals surface area contributed by atoms with Crippen molar-refractivity contribution >= 4 is 34.8 Å². The van der Waals surface area contributed by atoms with Crippen LogP contribution in [0.2, 0.25) is 0 Å². The summed E-state index contributed by atoms with van der Waals surface area (Å²) >= 11 is 0. The van der Waals surface area contributed by atoms with E-state index in [9.17, 15) is 32.3 Å². The monoisotopic (exact) mass is 650 g/mol. The maximum atomic E-state index is 13.1. The third-order valence-electron chi connectivity index (χ3n) is 6.84. The summed E-state index contributed by atoms with van der Waals surface area (Å²) in [5.74, 6) is -1.41. The molecule has 244 valence electrons. The molecule has 0 aliphatic rings. The van der Waals surface area contributed by atoms with Crippen LogP contribution >= 0.6 is 0 Å². The lowest BCUT2D eigenvalue weighted by Crippen LogP contribution is -2.46. The minimum atomic E-state index is -4.63. The number of carbonyl (C=O) groups excluding carboxylic acids is 2. The Kier molecular flexibility index (Phi) is 9.42. The van der Waals surface area contributed by atoms with Gasteiger partial charge >= 0.3 is 6.18 Å². The van der Waals surface area contributed by atoms with Gasteiger partial charge < -0.3 is 25.8 Å². The molecule has 3 aromatic carbocycles. The molecule has 0 aliphatic heterocycles. The molecular weight excluding hydrogens is 620 g/mol. The zero-order valence-electron chi connectivity index (χ0n) is 25.2. The minimum absolute atomic E-state index is 0.0281. The van der Waals surface area contributed by atoms with E-state index in [2.05, 4.69) is 26.0 Å². The van der Waals surface area contributed by atoms with Crippen LogP contribution in [0.15, 0.2) is 85.1 Å². The molecule has 5 rings (SSSR count). The molecule has 0 fully saturated rings. The number of aliphatic hydroxyl groups is 1. The maximum Gasteiger partial charge on any atom is 0.422 e. The van der Waals surface area contributed by atoms with E-state index in [0.29, 0.717) is 16.9 Å². The van der Waals surface area contributed by atoms with Crippen LogP contribution in [-0.2, 0) is 11.2 Å². The predicted molar refractivity (Wildman–Crippen MR) is 167 cm³/mol. The van der Waals surface area contributed by atoms with E-state index < -0.39 is 24.2 Å². The summed E-state index contributed by atoms with van der Waals surface area (Å²) in [6.45, 7) is 1.25. The second-order valence-electron chi connectivity index (χ2n) is 11.3. The Hall–Kier alpha value is -5.50. The Morgan fingerprint density at radius 3 is 2.32 bits per heavy atom. The van der Waals surface area contributed by atoms with Gasteiger partial charge in [-0.05, 0) is 79.6 Å². The molecule has 2 heterocycles. The first-order valence-electron chi connectivity index (χ1n) is 14.3. The van der Waals surface area contributed by atoms with Crippen molar-refractivity contribution < 1.29 is 37.0 Å². The lowest BCUT2D eigenvalue weighted by molar-refractivity contribution is -0.153. The first kappa shape index (κ1) is 32.9. The van der Waals surface area contributed by atoms with Crippen LogP contribution in [0, 0.1) is 5.82 Å². The van der Waals surface area contributed by atoms with Crippen LogP contribution in [0.3, 0.4) is 0 Å². The number of benzene rings is 3. The van der Waals surface area contributed by atoms with Crippen molar-refractivity contribution in [3.05, 3.63) is 102 Å². The molecule has 0 atom stereocenters. The molecule has 5 aromatic rings. The number of carbonyl (C=O) groups is 2. The van der Waals surface area contributed by atoms with Crippen LogP contribution in [0.1, 0.15) is 29.8 Å². The number of nitrogens with zero attached hydrogens (tertiary/aromatic N) is 3. The van der Waals surface area contributed by atoms with E-state index in [1.807, 2.05) is 18.2 Å². The van der Waals surface area contributed by atoms with Gasteiger partial charge in [0, 0.05) is 23.0 Å². The molecule has 4 N–H and O–H groups in total.